The third kappa shape index (κ3) is 5.04. The van der Waals surface area contributed by atoms with E-state index in [-0.39, 0.29) is 11.8 Å². The summed E-state index contributed by atoms with van der Waals surface area (Å²) in [5.74, 6) is 0.243. The number of piperidine rings is 1. The van der Waals surface area contributed by atoms with Gasteiger partial charge in [0, 0.05) is 25.0 Å². The van der Waals surface area contributed by atoms with Crippen LogP contribution in [0.1, 0.15) is 53.6 Å². The number of aryl methyl sites for hydroxylation is 1. The lowest BCUT2D eigenvalue weighted by molar-refractivity contribution is -0.117. The van der Waals surface area contributed by atoms with Crippen molar-refractivity contribution in [3.8, 4) is 0 Å². The van der Waals surface area contributed by atoms with Gasteiger partial charge in [-0.05, 0) is 56.2 Å². The molecule has 0 aliphatic carbocycles. The molecule has 152 valence electrons. The highest BCUT2D eigenvalue weighted by atomic mass is 16.2. The molecule has 0 saturated carbocycles. The quantitative estimate of drug-likeness (QED) is 0.702. The molecule has 4 rings (SSSR count). The Hall–Kier alpha value is -2.66. The second-order valence-electron chi connectivity index (χ2n) is 8.44. The predicted octanol–water partition coefficient (Wildman–Crippen LogP) is 3.78. The van der Waals surface area contributed by atoms with E-state index in [1.807, 2.05) is 43.3 Å². The van der Waals surface area contributed by atoms with Crippen molar-refractivity contribution < 1.29 is 9.59 Å². The lowest BCUT2D eigenvalue weighted by atomic mass is 9.89. The third-order valence-electron chi connectivity index (χ3n) is 6.06. The number of fused-ring (bicyclic) bond motifs is 2. The van der Waals surface area contributed by atoms with Gasteiger partial charge in [-0.1, -0.05) is 42.0 Å². The summed E-state index contributed by atoms with van der Waals surface area (Å²) < 4.78 is 0. The Bertz CT molecular complexity index is 866. The van der Waals surface area contributed by atoms with E-state index in [1.54, 1.807) is 12.1 Å². The van der Waals surface area contributed by atoms with Crippen LogP contribution in [0.3, 0.4) is 0 Å². The van der Waals surface area contributed by atoms with E-state index in [1.165, 1.54) is 18.4 Å². The zero-order valence-corrected chi connectivity index (χ0v) is 16.9. The van der Waals surface area contributed by atoms with Gasteiger partial charge >= 0.3 is 0 Å². The van der Waals surface area contributed by atoms with Gasteiger partial charge in [0.1, 0.15) is 0 Å². The zero-order valence-electron chi connectivity index (χ0n) is 16.9. The lowest BCUT2D eigenvalue weighted by Crippen LogP contribution is -2.39. The van der Waals surface area contributed by atoms with Crippen molar-refractivity contribution >= 4 is 17.5 Å². The minimum atomic E-state index is -0.179. The van der Waals surface area contributed by atoms with Gasteiger partial charge in [0.2, 0.25) is 5.91 Å². The number of para-hydroxylation sites is 1. The average molecular weight is 392 g/mol. The molecule has 0 aromatic heterocycles. The minimum absolute atomic E-state index is 0.00455. The molecule has 2 amide bonds. The summed E-state index contributed by atoms with van der Waals surface area (Å²) in [7, 11) is 0. The van der Waals surface area contributed by atoms with Crippen molar-refractivity contribution in [2.24, 2.45) is 5.92 Å². The van der Waals surface area contributed by atoms with Crippen LogP contribution in [0.15, 0.2) is 48.5 Å². The van der Waals surface area contributed by atoms with Gasteiger partial charge in [-0.2, -0.15) is 0 Å². The van der Waals surface area contributed by atoms with Crippen LogP contribution >= 0.6 is 0 Å². The van der Waals surface area contributed by atoms with Crippen molar-refractivity contribution in [2.75, 3.05) is 5.32 Å². The molecule has 2 atom stereocenters. The van der Waals surface area contributed by atoms with Gasteiger partial charge in [0.05, 0.1) is 11.3 Å². The van der Waals surface area contributed by atoms with E-state index < -0.39 is 0 Å². The third-order valence-corrected chi connectivity index (χ3v) is 6.06. The summed E-state index contributed by atoms with van der Waals surface area (Å²) in [6, 6.07) is 16.4. The fourth-order valence-corrected chi connectivity index (χ4v) is 4.58. The molecule has 2 aliphatic heterocycles. The molecule has 5 heteroatoms. The summed E-state index contributed by atoms with van der Waals surface area (Å²) in [4.78, 5) is 25.3. The summed E-state index contributed by atoms with van der Waals surface area (Å²) in [5.41, 5.74) is 3.31. The van der Waals surface area contributed by atoms with E-state index in [0.29, 0.717) is 42.2 Å². The Morgan fingerprint density at radius 3 is 2.41 bits per heavy atom. The Morgan fingerprint density at radius 1 is 1.00 bits per heavy atom. The molecular formula is C24H29N3O2. The van der Waals surface area contributed by atoms with E-state index in [4.69, 9.17) is 0 Å². The second-order valence-corrected chi connectivity index (χ2v) is 8.44. The Morgan fingerprint density at radius 2 is 1.69 bits per heavy atom. The Balaban J connectivity index is 1.35. The van der Waals surface area contributed by atoms with Gasteiger partial charge in [0.15, 0.2) is 0 Å². The maximum absolute atomic E-state index is 12.7. The van der Waals surface area contributed by atoms with Crippen molar-refractivity contribution in [1.29, 1.82) is 0 Å². The minimum Gasteiger partial charge on any atom is -0.348 e. The van der Waals surface area contributed by atoms with Crippen LogP contribution in [0.2, 0.25) is 0 Å². The highest BCUT2D eigenvalue weighted by Crippen LogP contribution is 2.33. The standard InChI is InChI=1S/C24H29N3O2/c1-16-6-8-17(9-7-16)15-25-24(29)21-4-2-3-5-22(21)27-23(28)14-18-12-19-10-11-20(13-18)26-19/h2-9,18-20,26H,10-15H2,1H3,(H,25,29)(H,27,28). The van der Waals surface area contributed by atoms with Crippen LogP contribution in [0.25, 0.3) is 0 Å². The van der Waals surface area contributed by atoms with Crippen molar-refractivity contribution in [3.05, 3.63) is 65.2 Å². The van der Waals surface area contributed by atoms with Gasteiger partial charge in [0.25, 0.3) is 5.91 Å². The van der Waals surface area contributed by atoms with Gasteiger partial charge < -0.3 is 16.0 Å². The number of nitrogens with one attached hydrogen (secondary N) is 3. The van der Waals surface area contributed by atoms with E-state index in [2.05, 4.69) is 16.0 Å². The molecule has 2 heterocycles. The highest BCUT2D eigenvalue weighted by Gasteiger charge is 2.34. The molecule has 2 bridgehead atoms. The molecule has 2 fully saturated rings. The lowest BCUT2D eigenvalue weighted by Gasteiger charge is -2.28. The molecule has 2 unspecified atom stereocenters. The monoisotopic (exact) mass is 391 g/mol. The van der Waals surface area contributed by atoms with Crippen LogP contribution in [-0.4, -0.2) is 23.9 Å². The first-order valence-electron chi connectivity index (χ1n) is 10.6. The van der Waals surface area contributed by atoms with Crippen LogP contribution < -0.4 is 16.0 Å². The average Bonchev–Trinajstić information content (AvgIpc) is 3.06. The van der Waals surface area contributed by atoms with Gasteiger partial charge in [-0.3, -0.25) is 9.59 Å². The van der Waals surface area contributed by atoms with Crippen molar-refractivity contribution in [2.45, 2.75) is 57.7 Å². The molecular weight excluding hydrogens is 362 g/mol. The summed E-state index contributed by atoms with van der Waals surface area (Å²) in [6.45, 7) is 2.50. The molecule has 2 aliphatic rings. The molecule has 3 N–H and O–H groups in total. The largest absolute Gasteiger partial charge is 0.348 e. The fraction of sp³-hybridized carbons (Fsp3) is 0.417. The number of carbonyl (C=O) groups excluding carboxylic acids is 2. The number of rotatable bonds is 6. The van der Waals surface area contributed by atoms with E-state index >= 15 is 0 Å². The molecule has 0 radical (unpaired) electrons. The van der Waals surface area contributed by atoms with Crippen LogP contribution in [0, 0.1) is 12.8 Å². The Kier molecular flexibility index (Phi) is 5.95. The van der Waals surface area contributed by atoms with Crippen molar-refractivity contribution in [3.63, 3.8) is 0 Å². The zero-order chi connectivity index (χ0) is 20.2. The number of hydrogen-bond donors (Lipinski definition) is 3. The van der Waals surface area contributed by atoms with Crippen molar-refractivity contribution in [1.82, 2.24) is 10.6 Å². The molecule has 5 nitrogen and oxygen atoms in total. The summed E-state index contributed by atoms with van der Waals surface area (Å²) in [5, 5.41) is 9.54. The first-order chi connectivity index (χ1) is 14.1. The molecule has 2 aromatic rings. The van der Waals surface area contributed by atoms with E-state index in [9.17, 15) is 9.59 Å². The normalized spacial score (nSPS) is 22.9. The van der Waals surface area contributed by atoms with Gasteiger partial charge in [-0.25, -0.2) is 0 Å². The fourth-order valence-electron chi connectivity index (χ4n) is 4.58. The predicted molar refractivity (Wildman–Crippen MR) is 115 cm³/mol. The number of amides is 2. The summed E-state index contributed by atoms with van der Waals surface area (Å²) >= 11 is 0. The number of benzene rings is 2. The van der Waals surface area contributed by atoms with Crippen LogP contribution in [0.4, 0.5) is 5.69 Å². The summed E-state index contributed by atoms with van der Waals surface area (Å²) in [6.07, 6.45) is 5.12. The number of hydrogen-bond acceptors (Lipinski definition) is 3. The molecule has 2 saturated heterocycles. The van der Waals surface area contributed by atoms with Crippen LogP contribution in [-0.2, 0) is 11.3 Å². The topological polar surface area (TPSA) is 70.2 Å². The highest BCUT2D eigenvalue weighted by molar-refractivity contribution is 6.03. The number of carbonyl (C=O) groups is 2. The maximum atomic E-state index is 12.7. The van der Waals surface area contributed by atoms with Crippen LogP contribution in [0.5, 0.6) is 0 Å². The van der Waals surface area contributed by atoms with Gasteiger partial charge in [-0.15, -0.1) is 0 Å². The molecule has 2 aromatic carbocycles. The SMILES string of the molecule is Cc1ccc(CNC(=O)c2ccccc2NC(=O)CC2CC3CCC(C2)N3)cc1. The first-order valence-corrected chi connectivity index (χ1v) is 10.6. The van der Waals surface area contributed by atoms with E-state index in [0.717, 1.165) is 18.4 Å². The Labute approximate surface area is 172 Å². The number of anilines is 1. The maximum Gasteiger partial charge on any atom is 0.253 e. The first kappa shape index (κ1) is 19.6. The molecule has 29 heavy (non-hydrogen) atoms. The second kappa shape index (κ2) is 8.78. The molecule has 0 spiro atoms. The smallest absolute Gasteiger partial charge is 0.253 e.